The van der Waals surface area contributed by atoms with Gasteiger partial charge in [-0.3, -0.25) is 10.1 Å². The second-order valence-corrected chi connectivity index (χ2v) is 3.53. The lowest BCUT2D eigenvalue weighted by atomic mass is 10.2. The number of benzene rings is 1. The maximum absolute atomic E-state index is 13.3. The van der Waals surface area contributed by atoms with Gasteiger partial charge in [-0.05, 0) is 0 Å². The summed E-state index contributed by atoms with van der Waals surface area (Å²) in [5.41, 5.74) is -1.59. The Kier molecular flexibility index (Phi) is 4.70. The highest BCUT2D eigenvalue weighted by atomic mass is 19.1. The number of hydrogen-bond acceptors (Lipinski definition) is 5. The summed E-state index contributed by atoms with van der Waals surface area (Å²) in [4.78, 5) is 20.5. The number of aliphatic carboxylic acids is 1. The van der Waals surface area contributed by atoms with Gasteiger partial charge in [0.1, 0.15) is 17.5 Å². The molecule has 0 radical (unpaired) electrons. The number of anilines is 1. The molecule has 0 aliphatic rings. The Labute approximate surface area is 105 Å². The quantitative estimate of drug-likeness (QED) is 0.601. The van der Waals surface area contributed by atoms with Gasteiger partial charge in [0.15, 0.2) is 0 Å². The molecule has 0 amide bonds. The van der Waals surface area contributed by atoms with Gasteiger partial charge in [0.25, 0.3) is 0 Å². The zero-order valence-electron chi connectivity index (χ0n) is 9.72. The Morgan fingerprint density at radius 3 is 2.68 bits per heavy atom. The number of nitrogens with zero attached hydrogens (tertiary/aromatic N) is 1. The summed E-state index contributed by atoms with van der Waals surface area (Å²) in [5, 5.41) is 21.7. The summed E-state index contributed by atoms with van der Waals surface area (Å²) in [6.07, 6.45) is 0. The predicted molar refractivity (Wildman–Crippen MR) is 59.9 cm³/mol. The van der Waals surface area contributed by atoms with Crippen LogP contribution in [0.2, 0.25) is 0 Å². The molecule has 0 spiro atoms. The van der Waals surface area contributed by atoms with E-state index >= 15 is 0 Å². The molecule has 0 saturated heterocycles. The molecule has 1 aromatic carbocycles. The van der Waals surface area contributed by atoms with E-state index in [1.165, 1.54) is 7.11 Å². The van der Waals surface area contributed by atoms with Gasteiger partial charge in [-0.25, -0.2) is 9.18 Å². The third kappa shape index (κ3) is 3.58. The number of carboxylic acid groups (broad SMARTS) is 1. The maximum Gasteiger partial charge on any atom is 0.328 e. The van der Waals surface area contributed by atoms with Crippen molar-refractivity contribution in [3.8, 4) is 0 Å². The molecule has 1 atom stereocenters. The molecule has 19 heavy (non-hydrogen) atoms. The van der Waals surface area contributed by atoms with Crippen LogP contribution in [0.3, 0.4) is 0 Å². The Hall–Kier alpha value is -2.29. The molecule has 7 nitrogen and oxygen atoms in total. The van der Waals surface area contributed by atoms with E-state index in [1.807, 2.05) is 0 Å². The number of hydrogen-bond donors (Lipinski definition) is 2. The molecule has 0 fully saturated rings. The summed E-state index contributed by atoms with van der Waals surface area (Å²) in [7, 11) is 1.22. The molecule has 0 aliphatic heterocycles. The first kappa shape index (κ1) is 14.8. The first-order valence-electron chi connectivity index (χ1n) is 4.98. The molecule has 1 unspecified atom stereocenters. The van der Waals surface area contributed by atoms with Gasteiger partial charge in [-0.15, -0.1) is 0 Å². The summed E-state index contributed by atoms with van der Waals surface area (Å²) in [6.45, 7) is -0.329. The normalized spacial score (nSPS) is 11.9. The smallest absolute Gasteiger partial charge is 0.328 e. The van der Waals surface area contributed by atoms with E-state index in [9.17, 15) is 23.7 Å². The molecule has 104 valence electrons. The Balaban J connectivity index is 3.18. The molecule has 1 aromatic rings. The SMILES string of the molecule is COCC(Nc1cc(F)cc(F)c1[N+](=O)[O-])C(=O)O. The monoisotopic (exact) mass is 276 g/mol. The number of rotatable bonds is 6. The van der Waals surface area contributed by atoms with E-state index in [1.54, 1.807) is 0 Å². The zero-order chi connectivity index (χ0) is 14.6. The second-order valence-electron chi connectivity index (χ2n) is 3.53. The van der Waals surface area contributed by atoms with Gasteiger partial charge >= 0.3 is 11.7 Å². The highest BCUT2D eigenvalue weighted by molar-refractivity contribution is 5.79. The molecular weight excluding hydrogens is 266 g/mol. The summed E-state index contributed by atoms with van der Waals surface area (Å²) < 4.78 is 30.9. The van der Waals surface area contributed by atoms with Crippen molar-refractivity contribution in [1.29, 1.82) is 0 Å². The number of nitro benzene ring substituents is 1. The number of nitro groups is 1. The van der Waals surface area contributed by atoms with Crippen LogP contribution < -0.4 is 5.32 Å². The minimum Gasteiger partial charge on any atom is -0.480 e. The highest BCUT2D eigenvalue weighted by Crippen LogP contribution is 2.29. The molecule has 0 heterocycles. The van der Waals surface area contributed by atoms with Gasteiger partial charge in [0.05, 0.1) is 11.5 Å². The van der Waals surface area contributed by atoms with Gasteiger partial charge in [0, 0.05) is 19.2 Å². The van der Waals surface area contributed by atoms with Crippen molar-refractivity contribution >= 4 is 17.3 Å². The molecule has 1 rings (SSSR count). The summed E-state index contributed by atoms with van der Waals surface area (Å²) >= 11 is 0. The molecular formula is C10H10F2N2O5. The van der Waals surface area contributed by atoms with E-state index in [2.05, 4.69) is 10.1 Å². The van der Waals surface area contributed by atoms with Crippen LogP contribution in [-0.4, -0.2) is 35.8 Å². The van der Waals surface area contributed by atoms with Crippen molar-refractivity contribution < 1.29 is 28.3 Å². The lowest BCUT2D eigenvalue weighted by Gasteiger charge is -2.15. The molecule has 2 N–H and O–H groups in total. The lowest BCUT2D eigenvalue weighted by molar-refractivity contribution is -0.386. The van der Waals surface area contributed by atoms with Crippen molar-refractivity contribution in [2.45, 2.75) is 6.04 Å². The minimum atomic E-state index is -1.39. The van der Waals surface area contributed by atoms with Gasteiger partial charge in [-0.1, -0.05) is 0 Å². The number of methoxy groups -OCH3 is 1. The number of carboxylic acids is 1. The van der Waals surface area contributed by atoms with Crippen LogP contribution in [-0.2, 0) is 9.53 Å². The average molecular weight is 276 g/mol. The topological polar surface area (TPSA) is 102 Å². The van der Waals surface area contributed by atoms with E-state index < -0.39 is 39.9 Å². The first-order valence-corrected chi connectivity index (χ1v) is 4.98. The van der Waals surface area contributed by atoms with Crippen molar-refractivity contribution in [1.82, 2.24) is 0 Å². The fraction of sp³-hybridized carbons (Fsp3) is 0.300. The summed E-state index contributed by atoms with van der Waals surface area (Å²) in [6, 6.07) is -0.382. The predicted octanol–water partition coefficient (Wildman–Crippen LogP) is 1.38. The van der Waals surface area contributed by atoms with E-state index in [-0.39, 0.29) is 6.61 Å². The number of ether oxygens (including phenoxy) is 1. The Morgan fingerprint density at radius 2 is 2.21 bits per heavy atom. The van der Waals surface area contributed by atoms with E-state index in [0.29, 0.717) is 12.1 Å². The summed E-state index contributed by atoms with van der Waals surface area (Å²) in [5.74, 6) is -3.83. The van der Waals surface area contributed by atoms with Gasteiger partial charge in [-0.2, -0.15) is 4.39 Å². The molecule has 9 heteroatoms. The van der Waals surface area contributed by atoms with Crippen LogP contribution >= 0.6 is 0 Å². The number of halogens is 2. The van der Waals surface area contributed by atoms with Gasteiger partial charge in [0.2, 0.25) is 5.82 Å². The standard InChI is InChI=1S/C10H10F2N2O5/c1-19-4-8(10(15)16)13-7-3-5(11)2-6(12)9(7)14(17)18/h2-3,8,13H,4H2,1H3,(H,15,16). The molecule has 0 saturated carbocycles. The van der Waals surface area contributed by atoms with Crippen LogP contribution in [0.5, 0.6) is 0 Å². The van der Waals surface area contributed by atoms with Gasteiger partial charge < -0.3 is 15.2 Å². The number of nitrogens with one attached hydrogen (secondary N) is 1. The van der Waals surface area contributed by atoms with Crippen LogP contribution in [0, 0.1) is 21.7 Å². The largest absolute Gasteiger partial charge is 0.480 e. The first-order chi connectivity index (χ1) is 8.86. The van der Waals surface area contributed by atoms with Crippen molar-refractivity contribution in [2.75, 3.05) is 19.0 Å². The van der Waals surface area contributed by atoms with Crippen LogP contribution in [0.1, 0.15) is 0 Å². The van der Waals surface area contributed by atoms with Crippen LogP contribution in [0.4, 0.5) is 20.2 Å². The highest BCUT2D eigenvalue weighted by Gasteiger charge is 2.26. The van der Waals surface area contributed by atoms with Crippen molar-refractivity contribution in [2.24, 2.45) is 0 Å². The molecule has 0 bridgehead atoms. The average Bonchev–Trinajstić information content (AvgIpc) is 2.26. The molecule has 0 aromatic heterocycles. The van der Waals surface area contributed by atoms with Crippen LogP contribution in [0.25, 0.3) is 0 Å². The lowest BCUT2D eigenvalue weighted by Crippen LogP contribution is -2.34. The van der Waals surface area contributed by atoms with E-state index in [0.717, 1.165) is 0 Å². The minimum absolute atomic E-state index is 0.329. The van der Waals surface area contributed by atoms with Crippen LogP contribution in [0.15, 0.2) is 12.1 Å². The second kappa shape index (κ2) is 6.05. The fourth-order valence-electron chi connectivity index (χ4n) is 1.39. The van der Waals surface area contributed by atoms with Crippen molar-refractivity contribution in [3.05, 3.63) is 33.9 Å². The zero-order valence-corrected chi connectivity index (χ0v) is 9.72. The third-order valence-corrected chi connectivity index (χ3v) is 2.17. The fourth-order valence-corrected chi connectivity index (χ4v) is 1.39. The van der Waals surface area contributed by atoms with Crippen molar-refractivity contribution in [3.63, 3.8) is 0 Å². The number of carbonyl (C=O) groups is 1. The Morgan fingerprint density at radius 1 is 1.58 bits per heavy atom. The Bertz CT molecular complexity index is 509. The third-order valence-electron chi connectivity index (χ3n) is 2.17. The van der Waals surface area contributed by atoms with E-state index in [4.69, 9.17) is 5.11 Å². The maximum atomic E-state index is 13.3. The molecule has 0 aliphatic carbocycles.